The molecule has 17 heavy (non-hydrogen) atoms. The van der Waals surface area contributed by atoms with Crippen LogP contribution in [0.2, 0.25) is 0 Å². The maximum absolute atomic E-state index is 12.9. The van der Waals surface area contributed by atoms with Crippen molar-refractivity contribution < 1.29 is 4.39 Å². The number of nitrogens with zero attached hydrogens (tertiary/aromatic N) is 2. The molecule has 1 aromatic heterocycles. The van der Waals surface area contributed by atoms with Crippen LogP contribution in [0.5, 0.6) is 0 Å². The van der Waals surface area contributed by atoms with Crippen molar-refractivity contribution in [3.8, 4) is 0 Å². The first-order valence-corrected chi connectivity index (χ1v) is 5.74. The molecule has 0 aromatic carbocycles. The zero-order valence-corrected chi connectivity index (χ0v) is 10.8. The van der Waals surface area contributed by atoms with E-state index < -0.39 is 0 Å². The van der Waals surface area contributed by atoms with Gasteiger partial charge in [-0.2, -0.15) is 0 Å². The third-order valence-electron chi connectivity index (χ3n) is 3.03. The van der Waals surface area contributed by atoms with Gasteiger partial charge in [-0.1, -0.05) is 0 Å². The van der Waals surface area contributed by atoms with E-state index in [2.05, 4.69) is 15.2 Å². The maximum atomic E-state index is 12.9. The molecule has 5 heteroatoms. The molecule has 0 spiro atoms. The highest BCUT2D eigenvalue weighted by Crippen LogP contribution is 2.17. The lowest BCUT2D eigenvalue weighted by atomic mass is 10.1. The molecule has 96 valence electrons. The number of rotatable bonds is 4. The number of hydrogen-bond acceptors (Lipinski definition) is 3. The molecule has 1 fully saturated rings. The van der Waals surface area contributed by atoms with E-state index in [-0.39, 0.29) is 18.2 Å². The quantitative estimate of drug-likeness (QED) is 0.892. The van der Waals surface area contributed by atoms with E-state index in [9.17, 15) is 4.39 Å². The highest BCUT2D eigenvalue weighted by molar-refractivity contribution is 5.85. The summed E-state index contributed by atoms with van der Waals surface area (Å²) in [6.07, 6.45) is 4.22. The Bertz CT molecular complexity index is 348. The van der Waals surface area contributed by atoms with E-state index in [0.29, 0.717) is 0 Å². The first kappa shape index (κ1) is 14.4. The average molecular weight is 260 g/mol. The SMILES string of the molecule is CNCC1CCN(Cc2cncc(F)c2)C1.Cl. The lowest BCUT2D eigenvalue weighted by molar-refractivity contribution is 0.314. The fourth-order valence-corrected chi connectivity index (χ4v) is 2.31. The second-order valence-corrected chi connectivity index (χ2v) is 4.46. The molecule has 1 saturated heterocycles. The van der Waals surface area contributed by atoms with Gasteiger partial charge in [0.25, 0.3) is 0 Å². The van der Waals surface area contributed by atoms with E-state index in [4.69, 9.17) is 0 Å². The summed E-state index contributed by atoms with van der Waals surface area (Å²) in [6.45, 7) is 4.07. The molecule has 1 aliphatic rings. The van der Waals surface area contributed by atoms with Crippen molar-refractivity contribution in [2.75, 3.05) is 26.7 Å². The smallest absolute Gasteiger partial charge is 0.141 e. The monoisotopic (exact) mass is 259 g/mol. The van der Waals surface area contributed by atoms with Crippen LogP contribution in [0.1, 0.15) is 12.0 Å². The zero-order valence-electron chi connectivity index (χ0n) is 10.0. The van der Waals surface area contributed by atoms with Crippen LogP contribution in [0, 0.1) is 11.7 Å². The highest BCUT2D eigenvalue weighted by atomic mass is 35.5. The lowest BCUT2D eigenvalue weighted by Gasteiger charge is -2.15. The molecule has 1 aliphatic heterocycles. The van der Waals surface area contributed by atoms with E-state index in [1.807, 2.05) is 7.05 Å². The standard InChI is InChI=1S/C12H18FN3.ClH/c1-14-5-10-2-3-16(8-10)9-11-4-12(13)7-15-6-11;/h4,6-7,10,14H,2-3,5,8-9H2,1H3;1H. The van der Waals surface area contributed by atoms with Crippen LogP contribution in [0.15, 0.2) is 18.5 Å². The molecule has 0 saturated carbocycles. The van der Waals surface area contributed by atoms with Crippen molar-refractivity contribution in [1.82, 2.24) is 15.2 Å². The number of nitrogens with one attached hydrogen (secondary N) is 1. The summed E-state index contributed by atoms with van der Waals surface area (Å²) in [5.74, 6) is 0.481. The van der Waals surface area contributed by atoms with Crippen molar-refractivity contribution in [3.63, 3.8) is 0 Å². The van der Waals surface area contributed by atoms with Gasteiger partial charge < -0.3 is 5.32 Å². The summed E-state index contributed by atoms with van der Waals surface area (Å²) in [5, 5.41) is 3.20. The van der Waals surface area contributed by atoms with Crippen LogP contribution in [-0.4, -0.2) is 36.6 Å². The Morgan fingerprint density at radius 1 is 1.53 bits per heavy atom. The summed E-state index contributed by atoms with van der Waals surface area (Å²) in [7, 11) is 1.99. The molecule has 1 unspecified atom stereocenters. The van der Waals surface area contributed by atoms with Gasteiger partial charge in [0.2, 0.25) is 0 Å². The van der Waals surface area contributed by atoms with Crippen LogP contribution in [0.3, 0.4) is 0 Å². The summed E-state index contributed by atoms with van der Waals surface area (Å²) in [5.41, 5.74) is 0.963. The Morgan fingerprint density at radius 3 is 3.06 bits per heavy atom. The highest BCUT2D eigenvalue weighted by Gasteiger charge is 2.21. The third kappa shape index (κ3) is 4.22. The number of aromatic nitrogens is 1. The van der Waals surface area contributed by atoms with Crippen LogP contribution in [0.4, 0.5) is 4.39 Å². The van der Waals surface area contributed by atoms with Crippen LogP contribution < -0.4 is 5.32 Å². The number of halogens is 2. The van der Waals surface area contributed by atoms with Gasteiger partial charge in [-0.05, 0) is 44.1 Å². The molecule has 3 nitrogen and oxygen atoms in total. The van der Waals surface area contributed by atoms with Crippen LogP contribution in [0.25, 0.3) is 0 Å². The topological polar surface area (TPSA) is 28.2 Å². The van der Waals surface area contributed by atoms with Crippen molar-refractivity contribution in [3.05, 3.63) is 29.8 Å². The van der Waals surface area contributed by atoms with Gasteiger partial charge in [-0.25, -0.2) is 4.39 Å². The second-order valence-electron chi connectivity index (χ2n) is 4.46. The minimum atomic E-state index is -0.247. The van der Waals surface area contributed by atoms with Gasteiger partial charge in [0, 0.05) is 19.3 Å². The fraction of sp³-hybridized carbons (Fsp3) is 0.583. The van der Waals surface area contributed by atoms with E-state index in [0.717, 1.165) is 37.7 Å². The van der Waals surface area contributed by atoms with Gasteiger partial charge in [-0.15, -0.1) is 12.4 Å². The van der Waals surface area contributed by atoms with E-state index in [1.54, 1.807) is 12.3 Å². The number of likely N-dealkylation sites (tertiary alicyclic amines) is 1. The van der Waals surface area contributed by atoms with Crippen LogP contribution in [-0.2, 0) is 6.54 Å². The zero-order chi connectivity index (χ0) is 11.4. The predicted octanol–water partition coefficient (Wildman–Crippen LogP) is 1.68. The fourth-order valence-electron chi connectivity index (χ4n) is 2.31. The average Bonchev–Trinajstić information content (AvgIpc) is 2.66. The van der Waals surface area contributed by atoms with Gasteiger partial charge in [0.1, 0.15) is 5.82 Å². The van der Waals surface area contributed by atoms with Crippen molar-refractivity contribution in [2.45, 2.75) is 13.0 Å². The minimum absolute atomic E-state index is 0. The summed E-state index contributed by atoms with van der Waals surface area (Å²) in [6, 6.07) is 1.57. The molecule has 0 aliphatic carbocycles. The Hall–Kier alpha value is -0.710. The van der Waals surface area contributed by atoms with Gasteiger partial charge in [-0.3, -0.25) is 9.88 Å². The molecule has 0 radical (unpaired) electrons. The van der Waals surface area contributed by atoms with E-state index in [1.165, 1.54) is 12.6 Å². The summed E-state index contributed by atoms with van der Waals surface area (Å²) < 4.78 is 12.9. The van der Waals surface area contributed by atoms with Gasteiger partial charge in [0.05, 0.1) is 6.20 Å². The van der Waals surface area contributed by atoms with Gasteiger partial charge >= 0.3 is 0 Å². The second kappa shape index (κ2) is 6.89. The molecular formula is C12H19ClFN3. The summed E-state index contributed by atoms with van der Waals surface area (Å²) >= 11 is 0. The van der Waals surface area contributed by atoms with Crippen molar-refractivity contribution in [1.29, 1.82) is 0 Å². The molecule has 0 bridgehead atoms. The Morgan fingerprint density at radius 2 is 2.35 bits per heavy atom. The van der Waals surface area contributed by atoms with Crippen molar-refractivity contribution in [2.24, 2.45) is 5.92 Å². The largest absolute Gasteiger partial charge is 0.319 e. The Balaban J connectivity index is 0.00000144. The number of pyridine rings is 1. The molecule has 2 rings (SSSR count). The predicted molar refractivity (Wildman–Crippen MR) is 68.8 cm³/mol. The van der Waals surface area contributed by atoms with Crippen molar-refractivity contribution >= 4 is 12.4 Å². The summed E-state index contributed by atoms with van der Waals surface area (Å²) in [4.78, 5) is 6.23. The normalized spacial score (nSPS) is 20.2. The first-order valence-electron chi connectivity index (χ1n) is 5.74. The Kier molecular flexibility index (Phi) is 5.82. The minimum Gasteiger partial charge on any atom is -0.319 e. The molecule has 1 aromatic rings. The maximum Gasteiger partial charge on any atom is 0.141 e. The number of hydrogen-bond donors (Lipinski definition) is 1. The van der Waals surface area contributed by atoms with Crippen LogP contribution >= 0.6 is 12.4 Å². The molecular weight excluding hydrogens is 241 g/mol. The first-order chi connectivity index (χ1) is 7.78. The Labute approximate surface area is 108 Å². The molecule has 0 amide bonds. The van der Waals surface area contributed by atoms with E-state index >= 15 is 0 Å². The van der Waals surface area contributed by atoms with Gasteiger partial charge in [0.15, 0.2) is 0 Å². The molecule has 1 N–H and O–H groups in total. The molecule has 2 heterocycles. The molecule has 1 atom stereocenters. The lowest BCUT2D eigenvalue weighted by Crippen LogP contribution is -2.24. The third-order valence-corrected chi connectivity index (χ3v) is 3.03.